The molecular weight excluding hydrogens is 391 g/mol. The van der Waals surface area contributed by atoms with Crippen LogP contribution in [0.4, 0.5) is 10.3 Å². The topological polar surface area (TPSA) is 84.8 Å². The van der Waals surface area contributed by atoms with Crippen molar-refractivity contribution in [3.05, 3.63) is 82.6 Å². The summed E-state index contributed by atoms with van der Waals surface area (Å²) >= 11 is 6.40. The van der Waals surface area contributed by atoms with Crippen molar-refractivity contribution in [3.8, 4) is 23.1 Å². The van der Waals surface area contributed by atoms with Gasteiger partial charge in [-0.2, -0.15) is 5.26 Å². The minimum absolute atomic E-state index is 0.125. The molecule has 29 heavy (non-hydrogen) atoms. The van der Waals surface area contributed by atoms with Crippen LogP contribution in [0.1, 0.15) is 11.1 Å². The Labute approximate surface area is 171 Å². The predicted octanol–water partition coefficient (Wildman–Crippen LogP) is 5.12. The van der Waals surface area contributed by atoms with Gasteiger partial charge in [-0.1, -0.05) is 23.7 Å². The van der Waals surface area contributed by atoms with Gasteiger partial charge in [0.2, 0.25) is 5.95 Å². The van der Waals surface area contributed by atoms with Crippen molar-refractivity contribution in [2.45, 2.75) is 6.61 Å². The van der Waals surface area contributed by atoms with Crippen molar-refractivity contribution in [2.75, 3.05) is 5.73 Å². The average Bonchev–Trinajstić information content (AvgIpc) is 2.72. The van der Waals surface area contributed by atoms with E-state index in [0.717, 1.165) is 0 Å². The van der Waals surface area contributed by atoms with Crippen molar-refractivity contribution < 1.29 is 9.13 Å². The maximum atomic E-state index is 13.3. The molecule has 0 fully saturated rings. The fourth-order valence-corrected chi connectivity index (χ4v) is 3.22. The summed E-state index contributed by atoms with van der Waals surface area (Å²) in [4.78, 5) is 8.55. The third kappa shape index (κ3) is 3.96. The minimum Gasteiger partial charge on any atom is -0.487 e. The molecule has 0 aliphatic rings. The number of hydrogen-bond donors (Lipinski definition) is 1. The number of halogens is 2. The van der Waals surface area contributed by atoms with E-state index < -0.39 is 0 Å². The molecule has 0 radical (unpaired) electrons. The average molecular weight is 405 g/mol. The summed E-state index contributed by atoms with van der Waals surface area (Å²) in [6.07, 6.45) is 0. The van der Waals surface area contributed by atoms with Gasteiger partial charge in [0.05, 0.1) is 27.9 Å². The molecule has 0 saturated carbocycles. The van der Waals surface area contributed by atoms with E-state index in [1.54, 1.807) is 48.5 Å². The summed E-state index contributed by atoms with van der Waals surface area (Å²) in [7, 11) is 0. The molecule has 142 valence electrons. The van der Waals surface area contributed by atoms with Crippen molar-refractivity contribution in [2.24, 2.45) is 0 Å². The number of benzene rings is 3. The fourth-order valence-electron chi connectivity index (χ4n) is 2.99. The number of rotatable bonds is 4. The zero-order valence-corrected chi connectivity index (χ0v) is 15.8. The SMILES string of the molecule is N#Cc1ccc2nc(N)nc(-c3ccc(OCc4cccc(F)c4)c(Cl)c3)c2c1. The van der Waals surface area contributed by atoms with Gasteiger partial charge in [-0.15, -0.1) is 0 Å². The number of aromatic nitrogens is 2. The number of anilines is 1. The Morgan fingerprint density at radius 1 is 1.07 bits per heavy atom. The van der Waals surface area contributed by atoms with Crippen LogP contribution in [-0.2, 0) is 6.61 Å². The van der Waals surface area contributed by atoms with E-state index >= 15 is 0 Å². The number of hydrogen-bond acceptors (Lipinski definition) is 5. The molecule has 3 aromatic carbocycles. The third-order valence-corrected chi connectivity index (χ3v) is 4.63. The summed E-state index contributed by atoms with van der Waals surface area (Å²) in [6, 6.07) is 18.6. The predicted molar refractivity (Wildman–Crippen MR) is 110 cm³/mol. The number of nitrogen functional groups attached to an aromatic ring is 1. The lowest BCUT2D eigenvalue weighted by atomic mass is 10.0. The largest absolute Gasteiger partial charge is 0.487 e. The molecule has 1 aromatic heterocycles. The second-order valence-electron chi connectivity index (χ2n) is 6.34. The van der Waals surface area contributed by atoms with Gasteiger partial charge < -0.3 is 10.5 Å². The first-order chi connectivity index (χ1) is 14.0. The van der Waals surface area contributed by atoms with E-state index in [2.05, 4.69) is 16.0 Å². The van der Waals surface area contributed by atoms with E-state index in [1.165, 1.54) is 12.1 Å². The van der Waals surface area contributed by atoms with Crippen molar-refractivity contribution in [1.29, 1.82) is 5.26 Å². The van der Waals surface area contributed by atoms with Crippen LogP contribution in [0.5, 0.6) is 5.75 Å². The molecule has 5 nitrogen and oxygen atoms in total. The molecule has 2 N–H and O–H groups in total. The highest BCUT2D eigenvalue weighted by Gasteiger charge is 2.12. The zero-order chi connectivity index (χ0) is 20.4. The van der Waals surface area contributed by atoms with Gasteiger partial charge in [-0.3, -0.25) is 0 Å². The van der Waals surface area contributed by atoms with Crippen LogP contribution in [0.3, 0.4) is 0 Å². The first-order valence-electron chi connectivity index (χ1n) is 8.68. The van der Waals surface area contributed by atoms with Crippen LogP contribution in [0.2, 0.25) is 5.02 Å². The number of nitrogens with two attached hydrogens (primary N) is 1. The van der Waals surface area contributed by atoms with Crippen molar-refractivity contribution >= 4 is 28.5 Å². The maximum absolute atomic E-state index is 13.3. The molecular formula is C22H14ClFN4O. The summed E-state index contributed by atoms with van der Waals surface area (Å²) in [5.41, 5.74) is 8.96. The second-order valence-corrected chi connectivity index (χ2v) is 6.75. The molecule has 0 saturated heterocycles. The van der Waals surface area contributed by atoms with Crippen LogP contribution in [0.25, 0.3) is 22.2 Å². The highest BCUT2D eigenvalue weighted by molar-refractivity contribution is 6.32. The number of nitrogens with zero attached hydrogens (tertiary/aromatic N) is 3. The van der Waals surface area contributed by atoms with Crippen LogP contribution in [0, 0.1) is 17.1 Å². The first kappa shape index (κ1) is 18.7. The van der Waals surface area contributed by atoms with Gasteiger partial charge >= 0.3 is 0 Å². The van der Waals surface area contributed by atoms with Gasteiger partial charge in [-0.25, -0.2) is 14.4 Å². The van der Waals surface area contributed by atoms with E-state index in [4.69, 9.17) is 22.1 Å². The van der Waals surface area contributed by atoms with E-state index in [-0.39, 0.29) is 18.4 Å². The van der Waals surface area contributed by atoms with Gasteiger partial charge in [0.15, 0.2) is 0 Å². The lowest BCUT2D eigenvalue weighted by Crippen LogP contribution is -1.99. The van der Waals surface area contributed by atoms with Crippen molar-refractivity contribution in [3.63, 3.8) is 0 Å². The van der Waals surface area contributed by atoms with E-state index in [0.29, 0.717) is 44.1 Å². The Morgan fingerprint density at radius 3 is 2.69 bits per heavy atom. The Morgan fingerprint density at radius 2 is 1.93 bits per heavy atom. The Hall–Kier alpha value is -3.69. The highest BCUT2D eigenvalue weighted by Crippen LogP contribution is 2.33. The van der Waals surface area contributed by atoms with Gasteiger partial charge in [0, 0.05) is 10.9 Å². The van der Waals surface area contributed by atoms with Gasteiger partial charge in [0.1, 0.15) is 18.2 Å². The molecule has 4 rings (SSSR count). The summed E-state index contributed by atoms with van der Waals surface area (Å²) in [5.74, 6) is 0.265. The second kappa shape index (κ2) is 7.74. The number of nitriles is 1. The van der Waals surface area contributed by atoms with Gasteiger partial charge in [0.25, 0.3) is 0 Å². The summed E-state index contributed by atoms with van der Waals surface area (Å²) < 4.78 is 19.0. The first-order valence-corrected chi connectivity index (χ1v) is 9.06. The molecule has 4 aromatic rings. The van der Waals surface area contributed by atoms with Crippen LogP contribution >= 0.6 is 11.6 Å². The van der Waals surface area contributed by atoms with E-state index in [9.17, 15) is 9.65 Å². The maximum Gasteiger partial charge on any atom is 0.221 e. The van der Waals surface area contributed by atoms with E-state index in [1.807, 2.05) is 0 Å². The minimum atomic E-state index is -0.322. The van der Waals surface area contributed by atoms with Crippen LogP contribution < -0.4 is 10.5 Å². The standard InChI is InChI=1S/C22H14ClFN4O/c23-18-10-15(5-7-20(18)29-12-14-2-1-3-16(24)8-14)21-17-9-13(11-25)4-6-19(17)27-22(26)28-21/h1-10H,12H2,(H2,26,27,28). The lowest BCUT2D eigenvalue weighted by molar-refractivity contribution is 0.306. The fraction of sp³-hybridized carbons (Fsp3) is 0.0455. The Balaban J connectivity index is 1.68. The summed E-state index contributed by atoms with van der Waals surface area (Å²) in [5, 5.41) is 10.3. The number of ether oxygens (including phenoxy) is 1. The van der Waals surface area contributed by atoms with Crippen LogP contribution in [-0.4, -0.2) is 9.97 Å². The molecule has 7 heteroatoms. The number of fused-ring (bicyclic) bond motifs is 1. The van der Waals surface area contributed by atoms with Crippen molar-refractivity contribution in [1.82, 2.24) is 9.97 Å². The molecule has 0 aliphatic heterocycles. The highest BCUT2D eigenvalue weighted by atomic mass is 35.5. The smallest absolute Gasteiger partial charge is 0.221 e. The van der Waals surface area contributed by atoms with Crippen LogP contribution in [0.15, 0.2) is 60.7 Å². The zero-order valence-electron chi connectivity index (χ0n) is 15.1. The molecule has 0 spiro atoms. The van der Waals surface area contributed by atoms with Gasteiger partial charge in [-0.05, 0) is 54.1 Å². The molecule has 0 atom stereocenters. The third-order valence-electron chi connectivity index (χ3n) is 4.33. The Kier molecular flexibility index (Phi) is 4.98. The lowest BCUT2D eigenvalue weighted by Gasteiger charge is -2.11. The summed E-state index contributed by atoms with van der Waals surface area (Å²) in [6.45, 7) is 0.186. The normalized spacial score (nSPS) is 10.7. The molecule has 0 unspecified atom stereocenters. The quantitative estimate of drug-likeness (QED) is 0.510. The monoisotopic (exact) mass is 404 g/mol. The molecule has 1 heterocycles. The molecule has 0 aliphatic carbocycles. The Bertz CT molecular complexity index is 1270. The molecule has 0 amide bonds. The molecule has 0 bridgehead atoms.